The summed E-state index contributed by atoms with van der Waals surface area (Å²) in [5.41, 5.74) is 13.5. The summed E-state index contributed by atoms with van der Waals surface area (Å²) >= 11 is 0. The summed E-state index contributed by atoms with van der Waals surface area (Å²) in [5.74, 6) is 1.83. The molecule has 0 aliphatic rings. The molecule has 0 aliphatic heterocycles. The predicted molar refractivity (Wildman–Crippen MR) is 241 cm³/mol. The number of methoxy groups -OCH3 is 2. The smallest absolute Gasteiger partial charge is 0.127 e. The van der Waals surface area contributed by atoms with Gasteiger partial charge < -0.3 is 9.47 Å². The summed E-state index contributed by atoms with van der Waals surface area (Å²) in [4.78, 5) is 0. The molecule has 55 heavy (non-hydrogen) atoms. The monoisotopic (exact) mass is 756 g/mol. The molecule has 7 aromatic carbocycles. The van der Waals surface area contributed by atoms with Crippen LogP contribution in [0.2, 0.25) is 0 Å². The van der Waals surface area contributed by atoms with Crippen LogP contribution in [0.4, 0.5) is 0 Å². The molecule has 0 bridgehead atoms. The van der Waals surface area contributed by atoms with Crippen molar-refractivity contribution in [1.29, 1.82) is 0 Å². The van der Waals surface area contributed by atoms with Gasteiger partial charge in [-0.3, -0.25) is 0 Å². The van der Waals surface area contributed by atoms with Crippen LogP contribution < -0.4 is 41.3 Å². The zero-order valence-electron chi connectivity index (χ0n) is 33.5. The van der Waals surface area contributed by atoms with E-state index < -0.39 is 15.8 Å². The molecule has 0 spiro atoms. The molecule has 7 aromatic rings. The number of rotatable bonds is 10. The van der Waals surface area contributed by atoms with Gasteiger partial charge in [0.05, 0.1) is 14.2 Å². The van der Waals surface area contributed by atoms with Gasteiger partial charge in [0, 0.05) is 5.56 Å². The van der Waals surface area contributed by atoms with Crippen molar-refractivity contribution >= 4 is 47.7 Å². The van der Waals surface area contributed by atoms with E-state index in [0.29, 0.717) is 0 Å². The first-order valence-electron chi connectivity index (χ1n) is 18.9. The lowest BCUT2D eigenvalue weighted by Gasteiger charge is -2.27. The van der Waals surface area contributed by atoms with Crippen molar-refractivity contribution in [2.75, 3.05) is 14.2 Å². The summed E-state index contributed by atoms with van der Waals surface area (Å²) in [5, 5.41) is 7.97. The zero-order valence-corrected chi connectivity index (χ0v) is 35.3. The van der Waals surface area contributed by atoms with Crippen LogP contribution in [0.25, 0.3) is 22.3 Å². The summed E-state index contributed by atoms with van der Waals surface area (Å²) in [6, 6.07) is 52.0. The Balaban J connectivity index is 1.50. The molecular formula is C51H50O2P2. The van der Waals surface area contributed by atoms with E-state index in [0.717, 1.165) is 28.2 Å². The Morgan fingerprint density at radius 3 is 1.45 bits per heavy atom. The second-order valence-corrected chi connectivity index (χ2v) is 18.9. The molecule has 0 aliphatic carbocycles. The third-order valence-corrected chi connectivity index (χ3v) is 15.7. The van der Waals surface area contributed by atoms with E-state index in [-0.39, 0.29) is 0 Å². The molecule has 7 rings (SSSR count). The highest BCUT2D eigenvalue weighted by Gasteiger charge is 2.27. The van der Waals surface area contributed by atoms with Crippen molar-refractivity contribution in [3.63, 3.8) is 0 Å². The van der Waals surface area contributed by atoms with E-state index in [4.69, 9.17) is 9.47 Å². The third kappa shape index (κ3) is 7.52. The molecule has 2 nitrogen and oxygen atoms in total. The van der Waals surface area contributed by atoms with Gasteiger partial charge in [-0.1, -0.05) is 115 Å². The van der Waals surface area contributed by atoms with Gasteiger partial charge in [-0.2, -0.15) is 0 Å². The average Bonchev–Trinajstić information content (AvgIpc) is 3.19. The first-order chi connectivity index (χ1) is 26.6. The first-order valence-corrected chi connectivity index (χ1v) is 21.6. The standard InChI is InChI=1S/C51H50O2P2/c1-33-24-26-42(54(43-28-35(3)39(7)36(4)29-43)44-30-37(5)51(53-9)38(6)31-44)32-46(33)50-47(52-8)27-25-34(2)49(50)45-22-16-17-23-48(45)55(40-18-12-10-13-19-40)41-20-14-11-15-21-41/h10-32H,1-9H3. The Hall–Kier alpha value is -5.00. The maximum Gasteiger partial charge on any atom is 0.127 e. The number of benzene rings is 7. The fourth-order valence-corrected chi connectivity index (χ4v) is 13.0. The highest BCUT2D eigenvalue weighted by molar-refractivity contribution is 7.80. The van der Waals surface area contributed by atoms with Gasteiger partial charge in [0.1, 0.15) is 11.5 Å². The minimum Gasteiger partial charge on any atom is -0.496 e. The van der Waals surface area contributed by atoms with Crippen LogP contribution in [0.1, 0.15) is 38.9 Å². The summed E-state index contributed by atoms with van der Waals surface area (Å²) in [6.07, 6.45) is 0. The predicted octanol–water partition coefficient (Wildman–Crippen LogP) is 10.7. The zero-order chi connectivity index (χ0) is 38.8. The van der Waals surface area contributed by atoms with E-state index >= 15 is 0 Å². The van der Waals surface area contributed by atoms with Crippen molar-refractivity contribution < 1.29 is 9.47 Å². The number of ether oxygens (including phenoxy) is 2. The van der Waals surface area contributed by atoms with Gasteiger partial charge in [-0.15, -0.1) is 0 Å². The molecule has 0 aromatic heterocycles. The molecule has 0 amide bonds. The third-order valence-electron chi connectivity index (χ3n) is 10.9. The molecular weight excluding hydrogens is 707 g/mol. The van der Waals surface area contributed by atoms with Crippen molar-refractivity contribution in [1.82, 2.24) is 0 Å². The van der Waals surface area contributed by atoms with Gasteiger partial charge in [0.2, 0.25) is 0 Å². The summed E-state index contributed by atoms with van der Waals surface area (Å²) < 4.78 is 12.1. The molecule has 0 saturated carbocycles. The Kier molecular flexibility index (Phi) is 11.4. The number of hydrogen-bond donors (Lipinski definition) is 0. The maximum atomic E-state index is 6.31. The fraction of sp³-hybridized carbons (Fsp3) is 0.176. The lowest BCUT2D eigenvalue weighted by Crippen LogP contribution is -2.23. The number of hydrogen-bond acceptors (Lipinski definition) is 2. The second kappa shape index (κ2) is 16.4. The second-order valence-electron chi connectivity index (χ2n) is 14.5. The highest BCUT2D eigenvalue weighted by Crippen LogP contribution is 2.46. The topological polar surface area (TPSA) is 18.5 Å². The summed E-state index contributed by atoms with van der Waals surface area (Å²) in [6.45, 7) is 15.5. The minimum absolute atomic E-state index is 0.850. The molecule has 0 N–H and O–H groups in total. The molecule has 1 atom stereocenters. The Morgan fingerprint density at radius 2 is 0.891 bits per heavy atom. The average molecular weight is 757 g/mol. The molecule has 1 unspecified atom stereocenters. The van der Waals surface area contributed by atoms with E-state index in [1.807, 2.05) is 0 Å². The molecule has 0 saturated heterocycles. The van der Waals surface area contributed by atoms with Crippen LogP contribution in [0, 0.1) is 48.5 Å². The van der Waals surface area contributed by atoms with Crippen molar-refractivity contribution in [2.24, 2.45) is 0 Å². The summed E-state index contributed by atoms with van der Waals surface area (Å²) in [7, 11) is 1.81. The molecule has 4 heteroatoms. The largest absolute Gasteiger partial charge is 0.496 e. The normalized spacial score (nSPS) is 11.8. The maximum absolute atomic E-state index is 6.31. The molecule has 276 valence electrons. The Morgan fingerprint density at radius 1 is 0.364 bits per heavy atom. The van der Waals surface area contributed by atoms with Gasteiger partial charge in [-0.05, 0) is 176 Å². The van der Waals surface area contributed by atoms with Gasteiger partial charge in [-0.25, -0.2) is 0 Å². The van der Waals surface area contributed by atoms with Crippen LogP contribution in [0.15, 0.2) is 140 Å². The first kappa shape index (κ1) is 38.3. The quantitative estimate of drug-likeness (QED) is 0.129. The van der Waals surface area contributed by atoms with Crippen LogP contribution in [-0.2, 0) is 0 Å². The van der Waals surface area contributed by atoms with Crippen molar-refractivity contribution in [2.45, 2.75) is 48.5 Å². The Bertz CT molecular complexity index is 2400. The van der Waals surface area contributed by atoms with Crippen LogP contribution >= 0.6 is 15.8 Å². The van der Waals surface area contributed by atoms with E-state index in [2.05, 4.69) is 188 Å². The van der Waals surface area contributed by atoms with E-state index in [1.54, 1.807) is 14.2 Å². The molecule has 0 heterocycles. The SMILES string of the molecule is COc1ccc(C)c(-c2ccccc2P(c2ccccc2)c2ccccc2)c1-c1cc(P(c2cc(C)c(C)c(C)c2)c2cc(C)c(OC)c(C)c2)ccc1C. The van der Waals surface area contributed by atoms with Crippen LogP contribution in [0.5, 0.6) is 11.5 Å². The van der Waals surface area contributed by atoms with E-state index in [9.17, 15) is 0 Å². The fourth-order valence-electron chi connectivity index (χ4n) is 7.92. The van der Waals surface area contributed by atoms with Gasteiger partial charge in [0.15, 0.2) is 0 Å². The van der Waals surface area contributed by atoms with Crippen molar-refractivity contribution in [3.8, 4) is 33.8 Å². The van der Waals surface area contributed by atoms with Gasteiger partial charge >= 0.3 is 0 Å². The lowest BCUT2D eigenvalue weighted by molar-refractivity contribution is 0.408. The van der Waals surface area contributed by atoms with Crippen LogP contribution in [-0.4, -0.2) is 14.2 Å². The molecule has 0 fully saturated rings. The lowest BCUT2D eigenvalue weighted by atomic mass is 9.88. The van der Waals surface area contributed by atoms with Gasteiger partial charge in [0.25, 0.3) is 0 Å². The van der Waals surface area contributed by atoms with Crippen LogP contribution in [0.3, 0.4) is 0 Å². The van der Waals surface area contributed by atoms with Crippen molar-refractivity contribution in [3.05, 3.63) is 178 Å². The van der Waals surface area contributed by atoms with E-state index in [1.165, 1.54) is 76.3 Å². The minimum atomic E-state index is -0.915. The Labute approximate surface area is 330 Å². The number of aryl methyl sites for hydroxylation is 6. The highest BCUT2D eigenvalue weighted by atomic mass is 31.1. The molecule has 0 radical (unpaired) electrons.